The number of alkyl halides is 1. The van der Waals surface area contributed by atoms with Gasteiger partial charge in [-0.25, -0.2) is 0 Å². The van der Waals surface area contributed by atoms with Gasteiger partial charge >= 0.3 is 0 Å². The Bertz CT molecular complexity index is 322. The van der Waals surface area contributed by atoms with Crippen LogP contribution >= 0.6 is 15.9 Å². The third-order valence-corrected chi connectivity index (χ3v) is 4.94. The van der Waals surface area contributed by atoms with Gasteiger partial charge in [0.25, 0.3) is 0 Å². The summed E-state index contributed by atoms with van der Waals surface area (Å²) in [5, 5.41) is 1.09. The molecule has 1 heteroatoms. The van der Waals surface area contributed by atoms with E-state index in [1.165, 1.54) is 19.3 Å². The molecule has 0 unspecified atom stereocenters. The standard InChI is InChI=1S/C14H19Br/c1-13(2,11-15)10-14(8-9-14)12-6-4-3-5-7-12/h3-7H,8-11H2,1-2H3. The van der Waals surface area contributed by atoms with E-state index in [2.05, 4.69) is 60.1 Å². The summed E-state index contributed by atoms with van der Waals surface area (Å²) in [5.41, 5.74) is 2.45. The minimum absolute atomic E-state index is 0.409. The predicted octanol–water partition coefficient (Wildman–Crippen LogP) is 4.53. The lowest BCUT2D eigenvalue weighted by Crippen LogP contribution is -2.22. The molecular weight excluding hydrogens is 248 g/mol. The highest BCUT2D eigenvalue weighted by Gasteiger charge is 2.46. The fourth-order valence-corrected chi connectivity index (χ4v) is 2.67. The van der Waals surface area contributed by atoms with E-state index < -0.39 is 0 Å². The zero-order valence-electron chi connectivity index (χ0n) is 9.59. The molecule has 1 fully saturated rings. The van der Waals surface area contributed by atoms with E-state index in [0.29, 0.717) is 10.8 Å². The molecule has 0 spiro atoms. The molecule has 0 aromatic heterocycles. The largest absolute Gasteiger partial charge is 0.0922 e. The summed E-state index contributed by atoms with van der Waals surface area (Å²) < 4.78 is 0. The van der Waals surface area contributed by atoms with Gasteiger partial charge in [-0.1, -0.05) is 60.1 Å². The zero-order chi connectivity index (χ0) is 10.9. The van der Waals surface area contributed by atoms with Gasteiger partial charge in [-0.3, -0.25) is 0 Å². The van der Waals surface area contributed by atoms with Gasteiger partial charge in [-0.2, -0.15) is 0 Å². The van der Waals surface area contributed by atoms with E-state index in [9.17, 15) is 0 Å². The molecule has 1 aliphatic rings. The van der Waals surface area contributed by atoms with Gasteiger partial charge in [-0.15, -0.1) is 0 Å². The van der Waals surface area contributed by atoms with E-state index in [4.69, 9.17) is 0 Å². The fourth-order valence-electron chi connectivity index (χ4n) is 2.47. The maximum absolute atomic E-state index is 3.62. The molecule has 0 amide bonds. The van der Waals surface area contributed by atoms with Gasteiger partial charge in [0.05, 0.1) is 0 Å². The average molecular weight is 267 g/mol. The van der Waals surface area contributed by atoms with Crippen LogP contribution in [0, 0.1) is 5.41 Å². The zero-order valence-corrected chi connectivity index (χ0v) is 11.2. The second-order valence-corrected chi connectivity index (χ2v) is 6.18. The molecular formula is C14H19Br. The maximum Gasteiger partial charge on any atom is 0.00830 e. The summed E-state index contributed by atoms with van der Waals surface area (Å²) in [6.45, 7) is 4.70. The van der Waals surface area contributed by atoms with Crippen LogP contribution in [-0.4, -0.2) is 5.33 Å². The van der Waals surface area contributed by atoms with Crippen molar-refractivity contribution in [2.45, 2.75) is 38.5 Å². The monoisotopic (exact) mass is 266 g/mol. The Balaban J connectivity index is 2.15. The van der Waals surface area contributed by atoms with Crippen LogP contribution in [0.1, 0.15) is 38.7 Å². The maximum atomic E-state index is 3.62. The summed E-state index contributed by atoms with van der Waals surface area (Å²) in [6.07, 6.45) is 4.04. The van der Waals surface area contributed by atoms with Crippen molar-refractivity contribution in [3.63, 3.8) is 0 Å². The molecule has 0 atom stereocenters. The van der Waals surface area contributed by atoms with Crippen LogP contribution in [0.3, 0.4) is 0 Å². The minimum Gasteiger partial charge on any atom is -0.0922 e. The molecule has 2 rings (SSSR count). The predicted molar refractivity (Wildman–Crippen MR) is 69.5 cm³/mol. The van der Waals surface area contributed by atoms with Gasteiger partial charge in [0.1, 0.15) is 0 Å². The van der Waals surface area contributed by atoms with Crippen LogP contribution in [0.25, 0.3) is 0 Å². The van der Waals surface area contributed by atoms with Crippen molar-refractivity contribution in [3.8, 4) is 0 Å². The molecule has 1 saturated carbocycles. The van der Waals surface area contributed by atoms with Crippen molar-refractivity contribution >= 4 is 15.9 Å². The molecule has 82 valence electrons. The number of rotatable bonds is 4. The highest BCUT2D eigenvalue weighted by molar-refractivity contribution is 9.09. The molecule has 0 saturated heterocycles. The fraction of sp³-hybridized carbons (Fsp3) is 0.571. The first-order valence-electron chi connectivity index (χ1n) is 5.70. The van der Waals surface area contributed by atoms with Crippen molar-refractivity contribution in [2.75, 3.05) is 5.33 Å². The quantitative estimate of drug-likeness (QED) is 0.703. The number of halogens is 1. The summed E-state index contributed by atoms with van der Waals surface area (Å²) in [5.74, 6) is 0. The highest BCUT2D eigenvalue weighted by Crippen LogP contribution is 2.55. The topological polar surface area (TPSA) is 0 Å². The van der Waals surface area contributed by atoms with Crippen LogP contribution in [0.15, 0.2) is 30.3 Å². The summed E-state index contributed by atoms with van der Waals surface area (Å²) in [6, 6.07) is 11.0. The van der Waals surface area contributed by atoms with Gasteiger partial charge < -0.3 is 0 Å². The van der Waals surface area contributed by atoms with E-state index in [1.807, 2.05) is 0 Å². The van der Waals surface area contributed by atoms with Crippen molar-refractivity contribution < 1.29 is 0 Å². The first-order valence-corrected chi connectivity index (χ1v) is 6.82. The Kier molecular flexibility index (Phi) is 2.94. The van der Waals surface area contributed by atoms with Gasteiger partial charge in [0, 0.05) is 5.33 Å². The minimum atomic E-state index is 0.409. The third-order valence-electron chi connectivity index (χ3n) is 3.42. The lowest BCUT2D eigenvalue weighted by molar-refractivity contribution is 0.339. The second-order valence-electron chi connectivity index (χ2n) is 5.62. The Morgan fingerprint density at radius 1 is 1.20 bits per heavy atom. The van der Waals surface area contributed by atoms with E-state index in [0.717, 1.165) is 5.33 Å². The first-order chi connectivity index (χ1) is 7.08. The number of hydrogen-bond donors (Lipinski definition) is 0. The Labute approximate surface area is 101 Å². The van der Waals surface area contributed by atoms with E-state index >= 15 is 0 Å². The molecule has 0 N–H and O–H groups in total. The van der Waals surface area contributed by atoms with E-state index in [-0.39, 0.29) is 0 Å². The van der Waals surface area contributed by atoms with Crippen LogP contribution in [0.2, 0.25) is 0 Å². The van der Waals surface area contributed by atoms with Crippen LogP contribution in [0.4, 0.5) is 0 Å². The van der Waals surface area contributed by atoms with E-state index in [1.54, 1.807) is 5.56 Å². The number of benzene rings is 1. The molecule has 0 nitrogen and oxygen atoms in total. The molecule has 0 bridgehead atoms. The smallest absolute Gasteiger partial charge is 0.00830 e. The molecule has 1 aromatic carbocycles. The SMILES string of the molecule is CC(C)(CBr)CC1(c2ccccc2)CC1. The van der Waals surface area contributed by atoms with Gasteiger partial charge in [-0.05, 0) is 35.7 Å². The van der Waals surface area contributed by atoms with Crippen molar-refractivity contribution in [2.24, 2.45) is 5.41 Å². The highest BCUT2D eigenvalue weighted by atomic mass is 79.9. The van der Waals surface area contributed by atoms with Gasteiger partial charge in [0.2, 0.25) is 0 Å². The lowest BCUT2D eigenvalue weighted by Gasteiger charge is -2.28. The summed E-state index contributed by atoms with van der Waals surface area (Å²) in [7, 11) is 0. The van der Waals surface area contributed by atoms with Crippen LogP contribution in [0.5, 0.6) is 0 Å². The van der Waals surface area contributed by atoms with Crippen molar-refractivity contribution in [1.82, 2.24) is 0 Å². The Hall–Kier alpha value is -0.300. The molecule has 1 aliphatic carbocycles. The first kappa shape index (κ1) is 11.2. The lowest BCUT2D eigenvalue weighted by atomic mass is 9.79. The molecule has 0 aliphatic heterocycles. The molecule has 0 heterocycles. The van der Waals surface area contributed by atoms with Crippen LogP contribution < -0.4 is 0 Å². The Morgan fingerprint density at radius 3 is 2.27 bits per heavy atom. The van der Waals surface area contributed by atoms with Crippen molar-refractivity contribution in [1.29, 1.82) is 0 Å². The third kappa shape index (κ3) is 2.44. The molecule has 1 aromatic rings. The Morgan fingerprint density at radius 2 is 1.80 bits per heavy atom. The normalized spacial score (nSPS) is 18.9. The molecule has 0 radical (unpaired) electrons. The molecule has 15 heavy (non-hydrogen) atoms. The van der Waals surface area contributed by atoms with Gasteiger partial charge in [0.15, 0.2) is 0 Å². The van der Waals surface area contributed by atoms with Crippen LogP contribution in [-0.2, 0) is 5.41 Å². The summed E-state index contributed by atoms with van der Waals surface area (Å²) in [4.78, 5) is 0. The summed E-state index contributed by atoms with van der Waals surface area (Å²) >= 11 is 3.62. The number of hydrogen-bond acceptors (Lipinski definition) is 0. The average Bonchev–Trinajstić information content (AvgIpc) is 3.00. The van der Waals surface area contributed by atoms with Crippen molar-refractivity contribution in [3.05, 3.63) is 35.9 Å². The second kappa shape index (κ2) is 3.93.